The number of nitrogens with zero attached hydrogens (tertiary/aromatic N) is 2. The molecule has 0 radical (unpaired) electrons. The van der Waals surface area contributed by atoms with Crippen molar-refractivity contribution in [2.24, 2.45) is 0 Å². The van der Waals surface area contributed by atoms with Gasteiger partial charge in [-0.25, -0.2) is 14.2 Å². The third-order valence-corrected chi connectivity index (χ3v) is 2.41. The summed E-state index contributed by atoms with van der Waals surface area (Å²) in [5.41, 5.74) is 0.0800. The number of anilines is 1. The Morgan fingerprint density at radius 3 is 2.69 bits per heavy atom. The molecule has 0 atom stereocenters. The molecule has 0 unspecified atom stereocenters. The van der Waals surface area contributed by atoms with Gasteiger partial charge < -0.3 is 10.0 Å². The van der Waals surface area contributed by atoms with Crippen molar-refractivity contribution in [2.75, 3.05) is 18.0 Å². The Kier molecular flexibility index (Phi) is 2.34. The topological polar surface area (TPSA) is 70.5 Å². The fourth-order valence-corrected chi connectivity index (χ4v) is 1.54. The number of aromatic carboxylic acids is 1. The molecule has 1 aromatic rings. The predicted molar refractivity (Wildman–Crippen MR) is 53.1 cm³/mol. The summed E-state index contributed by atoms with van der Waals surface area (Å²) in [7, 11) is 0. The average Bonchev–Trinajstić information content (AvgIpc) is 2.16. The van der Waals surface area contributed by atoms with Crippen molar-refractivity contribution in [3.8, 4) is 0 Å². The van der Waals surface area contributed by atoms with Crippen LogP contribution in [0.1, 0.15) is 16.1 Å². The molecule has 2 rings (SSSR count). The molecule has 0 amide bonds. The van der Waals surface area contributed by atoms with E-state index >= 15 is 0 Å². The van der Waals surface area contributed by atoms with Gasteiger partial charge in [0.1, 0.15) is 0 Å². The van der Waals surface area contributed by atoms with Gasteiger partial charge in [-0.3, -0.25) is 4.79 Å². The number of carbonyl (C=O) groups excluding carboxylic acids is 1. The minimum atomic E-state index is -1.21. The molecule has 2 heterocycles. The Hall–Kier alpha value is -1.98. The number of hydrogen-bond acceptors (Lipinski definition) is 4. The van der Waals surface area contributed by atoms with E-state index in [1.165, 1.54) is 11.8 Å². The van der Waals surface area contributed by atoms with Crippen LogP contribution >= 0.6 is 0 Å². The average molecular weight is 224 g/mol. The van der Waals surface area contributed by atoms with Crippen molar-refractivity contribution in [1.82, 2.24) is 4.98 Å². The van der Waals surface area contributed by atoms with Crippen molar-refractivity contribution in [2.45, 2.75) is 6.92 Å². The molecular weight excluding hydrogens is 215 g/mol. The maximum atomic E-state index is 13.5. The number of carbonyl (C=O) groups is 2. The molecule has 1 aliphatic heterocycles. The first-order valence-corrected chi connectivity index (χ1v) is 4.66. The molecule has 1 fully saturated rings. The third kappa shape index (κ3) is 1.62. The van der Waals surface area contributed by atoms with E-state index in [4.69, 9.17) is 5.11 Å². The fourth-order valence-electron chi connectivity index (χ4n) is 1.54. The number of ketones is 1. The quantitative estimate of drug-likeness (QED) is 0.797. The van der Waals surface area contributed by atoms with Crippen LogP contribution in [0.4, 0.5) is 10.2 Å². The van der Waals surface area contributed by atoms with Crippen LogP contribution in [-0.4, -0.2) is 34.9 Å². The number of aryl methyl sites for hydroxylation is 1. The molecule has 0 aliphatic carbocycles. The van der Waals surface area contributed by atoms with Gasteiger partial charge in [-0.1, -0.05) is 0 Å². The van der Waals surface area contributed by atoms with Crippen LogP contribution in [0.2, 0.25) is 0 Å². The first-order chi connectivity index (χ1) is 7.49. The number of pyridine rings is 1. The van der Waals surface area contributed by atoms with E-state index in [1.54, 1.807) is 0 Å². The van der Waals surface area contributed by atoms with Gasteiger partial charge in [-0.15, -0.1) is 0 Å². The zero-order chi connectivity index (χ0) is 11.9. The van der Waals surface area contributed by atoms with Gasteiger partial charge in [-0.2, -0.15) is 0 Å². The van der Waals surface area contributed by atoms with E-state index < -0.39 is 11.8 Å². The zero-order valence-corrected chi connectivity index (χ0v) is 8.53. The summed E-state index contributed by atoms with van der Waals surface area (Å²) in [5.74, 6) is -1.87. The second kappa shape index (κ2) is 3.55. The molecule has 0 saturated carbocycles. The Labute approximate surface area is 90.5 Å². The Morgan fingerprint density at radius 1 is 1.56 bits per heavy atom. The third-order valence-electron chi connectivity index (χ3n) is 2.41. The van der Waals surface area contributed by atoms with E-state index in [1.807, 2.05) is 0 Å². The maximum Gasteiger partial charge on any atom is 0.337 e. The number of halogens is 1. The highest BCUT2D eigenvalue weighted by molar-refractivity contribution is 5.95. The largest absolute Gasteiger partial charge is 0.478 e. The Bertz CT molecular complexity index is 479. The van der Waals surface area contributed by atoms with Crippen molar-refractivity contribution < 1.29 is 19.1 Å². The summed E-state index contributed by atoms with van der Waals surface area (Å²) in [6.07, 6.45) is 0. The SMILES string of the molecule is Cc1nc(N2CC(=O)C2)c(F)cc1C(=O)O. The lowest BCUT2D eigenvalue weighted by molar-refractivity contribution is -0.119. The number of carboxylic acid groups (broad SMARTS) is 1. The smallest absolute Gasteiger partial charge is 0.337 e. The molecular formula is C10H9FN2O3. The summed E-state index contributed by atoms with van der Waals surface area (Å²) in [6.45, 7) is 1.76. The van der Waals surface area contributed by atoms with Crippen LogP contribution in [0, 0.1) is 12.7 Å². The van der Waals surface area contributed by atoms with E-state index in [9.17, 15) is 14.0 Å². The highest BCUT2D eigenvalue weighted by Crippen LogP contribution is 2.22. The number of carboxylic acids is 1. The molecule has 0 bridgehead atoms. The van der Waals surface area contributed by atoms with Crippen LogP contribution in [0.3, 0.4) is 0 Å². The van der Waals surface area contributed by atoms with Crippen molar-refractivity contribution in [3.63, 3.8) is 0 Å². The Morgan fingerprint density at radius 2 is 2.19 bits per heavy atom. The van der Waals surface area contributed by atoms with E-state index in [0.29, 0.717) is 0 Å². The number of aromatic nitrogens is 1. The summed E-state index contributed by atoms with van der Waals surface area (Å²) < 4.78 is 13.5. The second-order valence-electron chi connectivity index (χ2n) is 3.63. The fraction of sp³-hybridized carbons (Fsp3) is 0.300. The van der Waals surface area contributed by atoms with Crippen LogP contribution in [0.15, 0.2) is 6.07 Å². The summed E-state index contributed by atoms with van der Waals surface area (Å²) in [4.78, 5) is 26.8. The van der Waals surface area contributed by atoms with Gasteiger partial charge >= 0.3 is 5.97 Å². The number of Topliss-reactive ketones (excluding diaryl/α,β-unsaturated/α-hetero) is 1. The first kappa shape index (κ1) is 10.5. The van der Waals surface area contributed by atoms with Crippen molar-refractivity contribution in [3.05, 3.63) is 23.1 Å². The zero-order valence-electron chi connectivity index (χ0n) is 8.53. The van der Waals surface area contributed by atoms with Crippen molar-refractivity contribution in [1.29, 1.82) is 0 Å². The molecule has 1 N–H and O–H groups in total. The highest BCUT2D eigenvalue weighted by atomic mass is 19.1. The summed E-state index contributed by atoms with van der Waals surface area (Å²) >= 11 is 0. The highest BCUT2D eigenvalue weighted by Gasteiger charge is 2.28. The standard InChI is InChI=1S/C10H9FN2O3/c1-5-7(10(15)16)2-8(11)9(12-5)13-3-6(14)4-13/h2H,3-4H2,1H3,(H,15,16). The van der Waals surface area contributed by atoms with Gasteiger partial charge in [-0.05, 0) is 13.0 Å². The molecule has 1 aromatic heterocycles. The summed E-state index contributed by atoms with van der Waals surface area (Å²) in [6, 6.07) is 0.933. The molecule has 1 saturated heterocycles. The van der Waals surface area contributed by atoms with E-state index in [0.717, 1.165) is 6.07 Å². The van der Waals surface area contributed by atoms with E-state index in [2.05, 4.69) is 4.98 Å². The van der Waals surface area contributed by atoms with Gasteiger partial charge in [0, 0.05) is 0 Å². The monoisotopic (exact) mass is 224 g/mol. The molecule has 84 valence electrons. The summed E-state index contributed by atoms with van der Waals surface area (Å²) in [5, 5.41) is 8.76. The van der Waals surface area contributed by atoms with Crippen LogP contribution < -0.4 is 4.90 Å². The van der Waals surface area contributed by atoms with Gasteiger partial charge in [0.25, 0.3) is 0 Å². The molecule has 1 aliphatic rings. The number of rotatable bonds is 2. The second-order valence-corrected chi connectivity index (χ2v) is 3.63. The maximum absolute atomic E-state index is 13.5. The van der Waals surface area contributed by atoms with Gasteiger partial charge in [0.05, 0.1) is 24.3 Å². The van der Waals surface area contributed by atoms with Gasteiger partial charge in [0.15, 0.2) is 17.4 Å². The van der Waals surface area contributed by atoms with Crippen molar-refractivity contribution >= 4 is 17.6 Å². The Balaban J connectivity index is 2.38. The molecule has 0 spiro atoms. The van der Waals surface area contributed by atoms with Gasteiger partial charge in [0.2, 0.25) is 0 Å². The molecule has 16 heavy (non-hydrogen) atoms. The first-order valence-electron chi connectivity index (χ1n) is 4.66. The van der Waals surface area contributed by atoms with E-state index in [-0.39, 0.29) is 35.9 Å². The van der Waals surface area contributed by atoms with Crippen LogP contribution in [-0.2, 0) is 4.79 Å². The molecule has 0 aromatic carbocycles. The minimum Gasteiger partial charge on any atom is -0.478 e. The van der Waals surface area contributed by atoms with Crippen LogP contribution in [0.25, 0.3) is 0 Å². The lowest BCUT2D eigenvalue weighted by Gasteiger charge is -2.30. The minimum absolute atomic E-state index is 0.0150. The van der Waals surface area contributed by atoms with Crippen LogP contribution in [0.5, 0.6) is 0 Å². The molecule has 6 heteroatoms. The molecule has 5 nitrogen and oxygen atoms in total. The normalized spacial score (nSPS) is 14.9. The number of hydrogen-bond donors (Lipinski definition) is 1. The lowest BCUT2D eigenvalue weighted by atomic mass is 10.1. The lowest BCUT2D eigenvalue weighted by Crippen LogP contribution is -2.48. The predicted octanol–water partition coefficient (Wildman–Crippen LogP) is 0.616.